The fourth-order valence-corrected chi connectivity index (χ4v) is 2.52. The monoisotopic (exact) mass is 321 g/mol. The van der Waals surface area contributed by atoms with E-state index in [1.54, 1.807) is 6.07 Å². The first-order valence-corrected chi connectivity index (χ1v) is 6.63. The molecule has 2 heterocycles. The Bertz CT molecular complexity index is 626. The van der Waals surface area contributed by atoms with Crippen LogP contribution in [0, 0.1) is 6.92 Å². The number of nitrogens with zero attached hydrogens (tertiary/aromatic N) is 2. The summed E-state index contributed by atoms with van der Waals surface area (Å²) in [5.41, 5.74) is 7.42. The number of nitrogen functional groups attached to an aromatic ring is 1. The van der Waals surface area contributed by atoms with Crippen molar-refractivity contribution in [2.75, 3.05) is 18.9 Å². The molecule has 1 aromatic carbocycles. The maximum Gasteiger partial charge on any atom is 0.175 e. The van der Waals surface area contributed by atoms with Crippen molar-refractivity contribution in [3.05, 3.63) is 28.4 Å². The van der Waals surface area contributed by atoms with E-state index in [0.717, 1.165) is 21.5 Å². The molecule has 1 aliphatic rings. The molecule has 0 radical (unpaired) electrons. The average Bonchev–Trinajstić information content (AvgIpc) is 2.37. The van der Waals surface area contributed by atoms with Crippen LogP contribution in [0.3, 0.4) is 0 Å². The van der Waals surface area contributed by atoms with Gasteiger partial charge in [-0.2, -0.15) is 0 Å². The molecule has 19 heavy (non-hydrogen) atoms. The van der Waals surface area contributed by atoms with E-state index in [9.17, 15) is 0 Å². The summed E-state index contributed by atoms with van der Waals surface area (Å²) in [5.74, 6) is 2.44. The second-order valence-electron chi connectivity index (χ2n) is 4.24. The maximum atomic E-state index is 5.75. The first kappa shape index (κ1) is 12.2. The largest absolute Gasteiger partial charge is 0.486 e. The lowest BCUT2D eigenvalue weighted by atomic mass is 10.1. The van der Waals surface area contributed by atoms with Crippen molar-refractivity contribution in [2.24, 2.45) is 0 Å². The summed E-state index contributed by atoms with van der Waals surface area (Å²) in [6, 6.07) is 5.51. The SMILES string of the molecule is Cc1cc(N)nc(-c2cc(Br)c3c(c2)OCCO3)n1. The summed E-state index contributed by atoms with van der Waals surface area (Å²) in [7, 11) is 0. The molecule has 0 atom stereocenters. The zero-order valence-corrected chi connectivity index (χ0v) is 11.9. The zero-order valence-electron chi connectivity index (χ0n) is 10.3. The number of hydrogen-bond acceptors (Lipinski definition) is 5. The Hall–Kier alpha value is -1.82. The van der Waals surface area contributed by atoms with Crippen LogP contribution in [0.2, 0.25) is 0 Å². The molecule has 3 rings (SSSR count). The molecule has 0 aliphatic carbocycles. The fourth-order valence-electron chi connectivity index (χ4n) is 1.96. The predicted molar refractivity (Wildman–Crippen MR) is 75.3 cm³/mol. The van der Waals surface area contributed by atoms with Gasteiger partial charge in [-0.3, -0.25) is 0 Å². The van der Waals surface area contributed by atoms with Crippen LogP contribution in [-0.2, 0) is 0 Å². The molecule has 0 unspecified atom stereocenters. The van der Waals surface area contributed by atoms with Crippen LogP contribution < -0.4 is 15.2 Å². The Morgan fingerprint density at radius 1 is 1.16 bits per heavy atom. The van der Waals surface area contributed by atoms with Gasteiger partial charge in [-0.25, -0.2) is 9.97 Å². The molecule has 1 aliphatic heterocycles. The summed E-state index contributed by atoms with van der Waals surface area (Å²) in [6.07, 6.45) is 0. The lowest BCUT2D eigenvalue weighted by Gasteiger charge is -2.20. The van der Waals surface area contributed by atoms with Gasteiger partial charge < -0.3 is 15.2 Å². The van der Waals surface area contributed by atoms with E-state index in [2.05, 4.69) is 25.9 Å². The maximum absolute atomic E-state index is 5.75. The van der Waals surface area contributed by atoms with Crippen molar-refractivity contribution in [2.45, 2.75) is 6.92 Å². The van der Waals surface area contributed by atoms with Gasteiger partial charge in [0.25, 0.3) is 0 Å². The lowest BCUT2D eigenvalue weighted by molar-refractivity contribution is 0.170. The van der Waals surface area contributed by atoms with E-state index >= 15 is 0 Å². The molecular weight excluding hydrogens is 310 g/mol. The Balaban J connectivity index is 2.12. The van der Waals surface area contributed by atoms with Gasteiger partial charge in [0, 0.05) is 17.3 Å². The van der Waals surface area contributed by atoms with E-state index in [1.165, 1.54) is 0 Å². The van der Waals surface area contributed by atoms with Crippen molar-refractivity contribution in [1.82, 2.24) is 9.97 Å². The number of halogens is 1. The van der Waals surface area contributed by atoms with Gasteiger partial charge in [0.2, 0.25) is 0 Å². The van der Waals surface area contributed by atoms with Crippen LogP contribution in [0.1, 0.15) is 5.69 Å². The highest BCUT2D eigenvalue weighted by atomic mass is 79.9. The number of rotatable bonds is 1. The minimum Gasteiger partial charge on any atom is -0.486 e. The molecule has 0 bridgehead atoms. The zero-order chi connectivity index (χ0) is 13.4. The van der Waals surface area contributed by atoms with Gasteiger partial charge in [-0.15, -0.1) is 0 Å². The topological polar surface area (TPSA) is 70.3 Å². The summed E-state index contributed by atoms with van der Waals surface area (Å²) >= 11 is 3.48. The first-order chi connectivity index (χ1) is 9.13. The van der Waals surface area contributed by atoms with Gasteiger partial charge in [0.05, 0.1) is 4.47 Å². The minimum absolute atomic E-state index is 0.452. The fraction of sp³-hybridized carbons (Fsp3) is 0.231. The Morgan fingerprint density at radius 2 is 1.95 bits per heavy atom. The third-order valence-electron chi connectivity index (χ3n) is 2.73. The van der Waals surface area contributed by atoms with Crippen molar-refractivity contribution in [3.8, 4) is 22.9 Å². The highest BCUT2D eigenvalue weighted by molar-refractivity contribution is 9.10. The molecule has 2 N–H and O–H groups in total. The molecule has 98 valence electrons. The van der Waals surface area contributed by atoms with E-state index in [4.69, 9.17) is 15.2 Å². The van der Waals surface area contributed by atoms with Crippen molar-refractivity contribution >= 4 is 21.7 Å². The quantitative estimate of drug-likeness (QED) is 0.874. The van der Waals surface area contributed by atoms with Crippen LogP contribution in [0.5, 0.6) is 11.5 Å². The molecule has 0 amide bonds. The predicted octanol–water partition coefficient (Wildman–Crippen LogP) is 2.57. The van der Waals surface area contributed by atoms with E-state index < -0.39 is 0 Å². The van der Waals surface area contributed by atoms with Crippen LogP contribution in [0.25, 0.3) is 11.4 Å². The summed E-state index contributed by atoms with van der Waals surface area (Å²) in [6.45, 7) is 2.98. The van der Waals surface area contributed by atoms with Gasteiger partial charge in [0.1, 0.15) is 19.0 Å². The van der Waals surface area contributed by atoms with E-state index in [-0.39, 0.29) is 0 Å². The van der Waals surface area contributed by atoms with Crippen molar-refractivity contribution < 1.29 is 9.47 Å². The number of aromatic nitrogens is 2. The molecule has 6 heteroatoms. The highest BCUT2D eigenvalue weighted by Crippen LogP contribution is 2.40. The smallest absolute Gasteiger partial charge is 0.175 e. The number of benzene rings is 1. The van der Waals surface area contributed by atoms with Crippen LogP contribution in [0.4, 0.5) is 5.82 Å². The minimum atomic E-state index is 0.452. The molecular formula is C13H12BrN3O2. The van der Waals surface area contributed by atoms with Gasteiger partial charge >= 0.3 is 0 Å². The molecule has 2 aromatic rings. The van der Waals surface area contributed by atoms with Gasteiger partial charge in [-0.05, 0) is 35.0 Å². The van der Waals surface area contributed by atoms with Crippen LogP contribution in [-0.4, -0.2) is 23.2 Å². The van der Waals surface area contributed by atoms with Gasteiger partial charge in [0.15, 0.2) is 17.3 Å². The second kappa shape index (κ2) is 4.70. The third kappa shape index (κ3) is 2.35. The lowest BCUT2D eigenvalue weighted by Crippen LogP contribution is -2.15. The molecule has 0 spiro atoms. The van der Waals surface area contributed by atoms with Crippen molar-refractivity contribution in [3.63, 3.8) is 0 Å². The Labute approximate surface area is 118 Å². The Morgan fingerprint density at radius 3 is 2.74 bits per heavy atom. The third-order valence-corrected chi connectivity index (χ3v) is 3.32. The number of hydrogen-bond donors (Lipinski definition) is 1. The number of fused-ring (bicyclic) bond motifs is 1. The van der Waals surface area contributed by atoms with E-state index in [0.29, 0.717) is 30.6 Å². The van der Waals surface area contributed by atoms with Crippen molar-refractivity contribution in [1.29, 1.82) is 0 Å². The molecule has 0 saturated carbocycles. The molecule has 1 aromatic heterocycles. The summed E-state index contributed by atoms with van der Waals surface area (Å²) in [4.78, 5) is 8.63. The molecule has 0 saturated heterocycles. The van der Waals surface area contributed by atoms with Crippen LogP contribution in [0.15, 0.2) is 22.7 Å². The van der Waals surface area contributed by atoms with Crippen LogP contribution >= 0.6 is 15.9 Å². The molecule has 0 fully saturated rings. The highest BCUT2D eigenvalue weighted by Gasteiger charge is 2.18. The number of ether oxygens (including phenoxy) is 2. The van der Waals surface area contributed by atoms with Gasteiger partial charge in [-0.1, -0.05) is 0 Å². The van der Waals surface area contributed by atoms with E-state index in [1.807, 2.05) is 19.1 Å². The average molecular weight is 322 g/mol. The summed E-state index contributed by atoms with van der Waals surface area (Å²) in [5, 5.41) is 0. The standard InChI is InChI=1S/C13H12BrN3O2/c1-7-4-11(15)17-13(16-7)8-5-9(14)12-10(6-8)18-2-3-19-12/h4-6H,2-3H2,1H3,(H2,15,16,17). The number of aryl methyl sites for hydroxylation is 1. The number of anilines is 1. The molecule has 5 nitrogen and oxygen atoms in total. The first-order valence-electron chi connectivity index (χ1n) is 5.84. The number of nitrogens with two attached hydrogens (primary N) is 1. The summed E-state index contributed by atoms with van der Waals surface area (Å²) < 4.78 is 12.0. The normalized spacial score (nSPS) is 13.4. The Kier molecular flexibility index (Phi) is 3.02. The second-order valence-corrected chi connectivity index (χ2v) is 5.09.